The molecule has 0 aliphatic heterocycles. The number of aliphatic hydroxyl groups is 1. The summed E-state index contributed by atoms with van der Waals surface area (Å²) in [6, 6.07) is 10.4. The van der Waals surface area contributed by atoms with Gasteiger partial charge in [0.2, 0.25) is 0 Å². The molecule has 1 atom stereocenters. The van der Waals surface area contributed by atoms with E-state index in [1.54, 1.807) is 6.07 Å². The smallest absolute Gasteiger partial charge is 0.287 e. The molecular formula is C21H17F2N3O3S2. The number of benzene rings is 2. The first-order chi connectivity index (χ1) is 14.9. The van der Waals surface area contributed by atoms with Gasteiger partial charge in [-0.05, 0) is 30.7 Å². The predicted molar refractivity (Wildman–Crippen MR) is 114 cm³/mol. The Labute approximate surface area is 184 Å². The molecule has 0 bridgehead atoms. The summed E-state index contributed by atoms with van der Waals surface area (Å²) in [6.07, 6.45) is -1.20. The number of fused-ring (bicyclic) bond motifs is 1. The minimum atomic E-state index is -1.20. The zero-order valence-electron chi connectivity index (χ0n) is 16.3. The van der Waals surface area contributed by atoms with E-state index < -0.39 is 23.6 Å². The van der Waals surface area contributed by atoms with E-state index >= 15 is 0 Å². The number of carbonyl (C=O) groups is 1. The summed E-state index contributed by atoms with van der Waals surface area (Å²) >= 11 is 2.91. The first-order valence-electron chi connectivity index (χ1n) is 9.27. The van der Waals surface area contributed by atoms with E-state index in [1.165, 1.54) is 29.2 Å². The van der Waals surface area contributed by atoms with Gasteiger partial charge in [-0.25, -0.2) is 8.78 Å². The zero-order valence-corrected chi connectivity index (χ0v) is 17.9. The molecule has 160 valence electrons. The van der Waals surface area contributed by atoms with Crippen LogP contribution in [0, 0.1) is 18.6 Å². The van der Waals surface area contributed by atoms with Crippen molar-refractivity contribution < 1.29 is 23.1 Å². The summed E-state index contributed by atoms with van der Waals surface area (Å²) in [4.78, 5) is 12.8. The van der Waals surface area contributed by atoms with E-state index in [0.29, 0.717) is 16.9 Å². The molecule has 0 saturated carbocycles. The maximum atomic E-state index is 13.4. The highest BCUT2D eigenvalue weighted by Crippen LogP contribution is 2.33. The van der Waals surface area contributed by atoms with Gasteiger partial charge in [0, 0.05) is 23.2 Å². The Balaban J connectivity index is 1.52. The van der Waals surface area contributed by atoms with E-state index in [4.69, 9.17) is 4.42 Å². The summed E-state index contributed by atoms with van der Waals surface area (Å²) in [5.74, 6) is -2.00. The van der Waals surface area contributed by atoms with Crippen molar-refractivity contribution in [3.63, 3.8) is 0 Å². The van der Waals surface area contributed by atoms with Crippen LogP contribution >= 0.6 is 23.1 Å². The third kappa shape index (κ3) is 4.76. The maximum absolute atomic E-state index is 13.4. The number of halogens is 2. The molecule has 0 aliphatic carbocycles. The lowest BCUT2D eigenvalue weighted by atomic mass is 10.1. The van der Waals surface area contributed by atoms with Crippen molar-refractivity contribution in [2.45, 2.75) is 23.1 Å². The molecule has 0 aliphatic rings. The number of aliphatic hydroxyl groups excluding tert-OH is 1. The van der Waals surface area contributed by atoms with Gasteiger partial charge in [0.25, 0.3) is 5.91 Å². The van der Waals surface area contributed by atoms with Crippen LogP contribution in [0.2, 0.25) is 0 Å². The molecule has 0 spiro atoms. The van der Waals surface area contributed by atoms with Gasteiger partial charge in [0.15, 0.2) is 21.7 Å². The average molecular weight is 462 g/mol. The van der Waals surface area contributed by atoms with Gasteiger partial charge >= 0.3 is 0 Å². The predicted octanol–water partition coefficient (Wildman–Crippen LogP) is 4.63. The number of hydrogen-bond donors (Lipinski definition) is 2. The Kier molecular flexibility index (Phi) is 6.30. The number of aryl methyl sites for hydroxylation is 1. The Morgan fingerprint density at radius 2 is 2.03 bits per heavy atom. The summed E-state index contributed by atoms with van der Waals surface area (Å²) in [6.45, 7) is 1.68. The first-order valence-corrected chi connectivity index (χ1v) is 11.1. The quantitative estimate of drug-likeness (QED) is 0.390. The first kappa shape index (κ1) is 21.4. The molecule has 6 nitrogen and oxygen atoms in total. The van der Waals surface area contributed by atoms with Gasteiger partial charge in [-0.15, -0.1) is 10.2 Å². The van der Waals surface area contributed by atoms with Crippen LogP contribution in [-0.4, -0.2) is 27.8 Å². The van der Waals surface area contributed by atoms with Crippen LogP contribution in [0.5, 0.6) is 0 Å². The van der Waals surface area contributed by atoms with Crippen LogP contribution < -0.4 is 5.32 Å². The second-order valence-electron chi connectivity index (χ2n) is 6.68. The van der Waals surface area contributed by atoms with Crippen molar-refractivity contribution in [1.29, 1.82) is 0 Å². The number of aromatic nitrogens is 2. The lowest BCUT2D eigenvalue weighted by Crippen LogP contribution is -2.28. The summed E-state index contributed by atoms with van der Waals surface area (Å²) in [5.41, 5.74) is 1.43. The number of furan rings is 1. The molecule has 0 radical (unpaired) electrons. The maximum Gasteiger partial charge on any atom is 0.287 e. The molecule has 2 N–H and O–H groups in total. The molecule has 4 rings (SSSR count). The van der Waals surface area contributed by atoms with Crippen LogP contribution in [0.25, 0.3) is 11.0 Å². The number of rotatable bonds is 7. The summed E-state index contributed by atoms with van der Waals surface area (Å²) in [7, 11) is 0. The van der Waals surface area contributed by atoms with Crippen LogP contribution in [0.3, 0.4) is 0 Å². The minimum Gasteiger partial charge on any atom is -0.451 e. The van der Waals surface area contributed by atoms with Crippen molar-refractivity contribution in [2.75, 3.05) is 6.54 Å². The number of carbonyl (C=O) groups excluding carboxylic acids is 1. The van der Waals surface area contributed by atoms with Gasteiger partial charge in [0.05, 0.1) is 6.10 Å². The lowest BCUT2D eigenvalue weighted by Gasteiger charge is -2.12. The molecule has 0 saturated heterocycles. The molecular weight excluding hydrogens is 444 g/mol. The number of thioether (sulfide) groups is 1. The van der Waals surface area contributed by atoms with E-state index in [2.05, 4.69) is 15.5 Å². The molecule has 0 fully saturated rings. The van der Waals surface area contributed by atoms with E-state index in [1.807, 2.05) is 25.1 Å². The summed E-state index contributed by atoms with van der Waals surface area (Å²) in [5, 5.41) is 22.6. The third-order valence-electron chi connectivity index (χ3n) is 4.54. The normalized spacial score (nSPS) is 12.3. The topological polar surface area (TPSA) is 88.2 Å². The van der Waals surface area contributed by atoms with E-state index in [9.17, 15) is 18.7 Å². The molecule has 4 aromatic rings. The number of para-hydroxylation sites is 1. The molecule has 1 unspecified atom stereocenters. The van der Waals surface area contributed by atoms with E-state index in [0.717, 1.165) is 26.9 Å². The monoisotopic (exact) mass is 461 g/mol. The number of nitrogens with one attached hydrogen (secondary N) is 1. The lowest BCUT2D eigenvalue weighted by molar-refractivity contribution is 0.0890. The van der Waals surface area contributed by atoms with Gasteiger partial charge in [-0.2, -0.15) is 0 Å². The highest BCUT2D eigenvalue weighted by Gasteiger charge is 2.22. The van der Waals surface area contributed by atoms with E-state index in [-0.39, 0.29) is 17.9 Å². The third-order valence-corrected chi connectivity index (χ3v) is 6.53. The number of amides is 1. The van der Waals surface area contributed by atoms with Crippen molar-refractivity contribution in [2.24, 2.45) is 0 Å². The fourth-order valence-corrected chi connectivity index (χ4v) is 4.85. The Hall–Kier alpha value is -2.82. The van der Waals surface area contributed by atoms with Crippen LogP contribution in [0.15, 0.2) is 51.2 Å². The minimum absolute atomic E-state index is 0.132. The van der Waals surface area contributed by atoms with Gasteiger partial charge < -0.3 is 14.8 Å². The largest absolute Gasteiger partial charge is 0.451 e. The van der Waals surface area contributed by atoms with Crippen LogP contribution in [-0.2, 0) is 5.75 Å². The standard InChI is InChI=1S/C21H17F2N3O3S2/c1-11-25-26-21(31-11)30-10-14-13-4-2-3-5-18(13)29-19(14)20(28)24-9-17(27)12-6-7-15(22)16(23)8-12/h2-8,17,27H,9-10H2,1H3,(H,24,28). The molecule has 2 heterocycles. The second kappa shape index (κ2) is 9.13. The molecule has 2 aromatic carbocycles. The van der Waals surface area contributed by atoms with Gasteiger partial charge in [0.1, 0.15) is 10.6 Å². The number of hydrogen-bond acceptors (Lipinski definition) is 7. The average Bonchev–Trinajstić information content (AvgIpc) is 3.35. The highest BCUT2D eigenvalue weighted by molar-refractivity contribution is 8.00. The highest BCUT2D eigenvalue weighted by atomic mass is 32.2. The van der Waals surface area contributed by atoms with Crippen molar-refractivity contribution in [3.05, 3.63) is 76.0 Å². The van der Waals surface area contributed by atoms with Gasteiger partial charge in [-0.3, -0.25) is 4.79 Å². The second-order valence-corrected chi connectivity index (χ2v) is 9.09. The van der Waals surface area contributed by atoms with Crippen LogP contribution in [0.1, 0.15) is 32.8 Å². The summed E-state index contributed by atoms with van der Waals surface area (Å²) < 4.78 is 33.1. The SMILES string of the molecule is Cc1nnc(SCc2c(C(=O)NCC(O)c3ccc(F)c(F)c3)oc3ccccc23)s1. The van der Waals surface area contributed by atoms with Gasteiger partial charge in [-0.1, -0.05) is 47.4 Å². The molecule has 1 amide bonds. The fraction of sp³-hybridized carbons (Fsp3) is 0.190. The molecule has 2 aromatic heterocycles. The Morgan fingerprint density at radius 1 is 1.23 bits per heavy atom. The zero-order chi connectivity index (χ0) is 22.0. The number of nitrogens with zero attached hydrogens (tertiary/aromatic N) is 2. The van der Waals surface area contributed by atoms with Crippen LogP contribution in [0.4, 0.5) is 8.78 Å². The van der Waals surface area contributed by atoms with Crippen molar-refractivity contribution >= 4 is 40.0 Å². The molecule has 10 heteroatoms. The fourth-order valence-electron chi connectivity index (χ4n) is 3.00. The van der Waals surface area contributed by atoms with Crippen molar-refractivity contribution in [1.82, 2.24) is 15.5 Å². The molecule has 31 heavy (non-hydrogen) atoms. The van der Waals surface area contributed by atoms with Crippen molar-refractivity contribution in [3.8, 4) is 0 Å². The Bertz CT molecular complexity index is 1240. The Morgan fingerprint density at radius 3 is 2.77 bits per heavy atom.